The minimum absolute atomic E-state index is 0.0623. The van der Waals surface area contributed by atoms with Gasteiger partial charge in [0.1, 0.15) is 13.2 Å². The van der Waals surface area contributed by atoms with E-state index in [0.717, 1.165) is 63.7 Å². The van der Waals surface area contributed by atoms with Crippen LogP contribution in [0.2, 0.25) is 0 Å². The molecule has 0 aromatic rings. The van der Waals surface area contributed by atoms with Crippen LogP contribution < -0.4 is 0 Å². The molecule has 0 bridgehead atoms. The second-order valence-corrected chi connectivity index (χ2v) is 19.7. The van der Waals surface area contributed by atoms with Gasteiger partial charge in [0.2, 0.25) is 0 Å². The summed E-state index contributed by atoms with van der Waals surface area (Å²) in [4.78, 5) is 38.0. The second-order valence-electron chi connectivity index (χ2n) is 19.7. The van der Waals surface area contributed by atoms with Crippen molar-refractivity contribution in [3.8, 4) is 0 Å². The molecule has 0 aromatic carbocycles. The van der Waals surface area contributed by atoms with Crippen LogP contribution in [0.5, 0.6) is 0 Å². The Labute approximate surface area is 387 Å². The molecule has 0 aromatic heterocycles. The number of esters is 3. The zero-order valence-corrected chi connectivity index (χ0v) is 42.3. The summed E-state index contributed by atoms with van der Waals surface area (Å²) in [6.45, 7) is 9.04. The van der Waals surface area contributed by atoms with Crippen LogP contribution in [0, 0.1) is 5.92 Å². The molecule has 1 atom stereocenters. The van der Waals surface area contributed by atoms with Gasteiger partial charge in [-0.1, -0.05) is 278 Å². The molecule has 6 nitrogen and oxygen atoms in total. The van der Waals surface area contributed by atoms with Crippen LogP contribution in [0.15, 0.2) is 0 Å². The number of hydrogen-bond acceptors (Lipinski definition) is 6. The van der Waals surface area contributed by atoms with Crippen molar-refractivity contribution in [2.45, 2.75) is 323 Å². The zero-order chi connectivity index (χ0) is 45.2. The van der Waals surface area contributed by atoms with E-state index in [0.29, 0.717) is 19.3 Å². The van der Waals surface area contributed by atoms with E-state index in [4.69, 9.17) is 14.2 Å². The fourth-order valence-corrected chi connectivity index (χ4v) is 8.57. The maximum atomic E-state index is 12.8. The highest BCUT2D eigenvalue weighted by Gasteiger charge is 2.19. The van der Waals surface area contributed by atoms with Crippen molar-refractivity contribution in [1.29, 1.82) is 0 Å². The highest BCUT2D eigenvalue weighted by molar-refractivity contribution is 5.71. The molecule has 0 spiro atoms. The third-order valence-corrected chi connectivity index (χ3v) is 12.8. The van der Waals surface area contributed by atoms with Gasteiger partial charge < -0.3 is 14.2 Å². The molecule has 0 fully saturated rings. The van der Waals surface area contributed by atoms with E-state index in [1.807, 2.05) is 0 Å². The molecule has 0 unspecified atom stereocenters. The third kappa shape index (κ3) is 49.4. The van der Waals surface area contributed by atoms with E-state index in [2.05, 4.69) is 27.7 Å². The number of carbonyl (C=O) groups is 3. The molecule has 368 valence electrons. The number of ether oxygens (including phenoxy) is 3. The summed E-state index contributed by atoms with van der Waals surface area (Å²) in [7, 11) is 0. The van der Waals surface area contributed by atoms with Crippen molar-refractivity contribution < 1.29 is 28.6 Å². The fraction of sp³-hybridized carbons (Fsp3) is 0.946. The van der Waals surface area contributed by atoms with Crippen LogP contribution in [-0.2, 0) is 28.6 Å². The molecular weight excluding hydrogens is 769 g/mol. The summed E-state index contributed by atoms with van der Waals surface area (Å²) in [6.07, 6.45) is 53.8. The van der Waals surface area contributed by atoms with E-state index in [1.165, 1.54) is 212 Å². The summed E-state index contributed by atoms with van der Waals surface area (Å²) >= 11 is 0. The van der Waals surface area contributed by atoms with E-state index in [1.54, 1.807) is 0 Å². The molecule has 0 rings (SSSR count). The summed E-state index contributed by atoms with van der Waals surface area (Å²) in [5.74, 6) is 0.00186. The smallest absolute Gasteiger partial charge is 0.306 e. The van der Waals surface area contributed by atoms with Crippen LogP contribution in [0.1, 0.15) is 317 Å². The topological polar surface area (TPSA) is 78.9 Å². The van der Waals surface area contributed by atoms with Crippen molar-refractivity contribution in [3.05, 3.63) is 0 Å². The number of carbonyl (C=O) groups excluding carboxylic acids is 3. The van der Waals surface area contributed by atoms with Crippen molar-refractivity contribution >= 4 is 17.9 Å². The average Bonchev–Trinajstić information content (AvgIpc) is 3.26. The zero-order valence-electron chi connectivity index (χ0n) is 42.3. The lowest BCUT2D eigenvalue weighted by Gasteiger charge is -2.18. The van der Waals surface area contributed by atoms with Crippen molar-refractivity contribution in [2.75, 3.05) is 13.2 Å². The van der Waals surface area contributed by atoms with Gasteiger partial charge in [-0.2, -0.15) is 0 Å². The van der Waals surface area contributed by atoms with Gasteiger partial charge in [-0.3, -0.25) is 14.4 Å². The van der Waals surface area contributed by atoms with Gasteiger partial charge in [0.05, 0.1) is 0 Å². The summed E-state index contributed by atoms with van der Waals surface area (Å²) in [5, 5.41) is 0. The maximum Gasteiger partial charge on any atom is 0.306 e. The third-order valence-electron chi connectivity index (χ3n) is 12.8. The van der Waals surface area contributed by atoms with Gasteiger partial charge in [0.25, 0.3) is 0 Å². The Kier molecular flexibility index (Phi) is 49.1. The molecule has 0 aliphatic rings. The molecule has 6 heteroatoms. The lowest BCUT2D eigenvalue weighted by molar-refractivity contribution is -0.167. The monoisotopic (exact) mass is 877 g/mol. The van der Waals surface area contributed by atoms with Crippen LogP contribution in [0.25, 0.3) is 0 Å². The largest absolute Gasteiger partial charge is 0.462 e. The summed E-state index contributed by atoms with van der Waals surface area (Å²) in [5.41, 5.74) is 0. The summed E-state index contributed by atoms with van der Waals surface area (Å²) < 4.78 is 16.8. The predicted molar refractivity (Wildman–Crippen MR) is 266 cm³/mol. The predicted octanol–water partition coefficient (Wildman–Crippen LogP) is 18.2. The maximum absolute atomic E-state index is 12.8. The Balaban J connectivity index is 4.22. The first-order valence-electron chi connectivity index (χ1n) is 27.9. The summed E-state index contributed by atoms with van der Waals surface area (Å²) in [6, 6.07) is 0. The first-order valence-corrected chi connectivity index (χ1v) is 27.9. The Morgan fingerprint density at radius 1 is 0.306 bits per heavy atom. The average molecular weight is 877 g/mol. The Bertz CT molecular complexity index is 933. The van der Waals surface area contributed by atoms with Crippen molar-refractivity contribution in [3.63, 3.8) is 0 Å². The Morgan fingerprint density at radius 3 is 0.790 bits per heavy atom. The van der Waals surface area contributed by atoms with Gasteiger partial charge in [0.15, 0.2) is 6.10 Å². The van der Waals surface area contributed by atoms with Gasteiger partial charge in [-0.15, -0.1) is 0 Å². The van der Waals surface area contributed by atoms with Crippen LogP contribution in [0.4, 0.5) is 0 Å². The first-order chi connectivity index (χ1) is 30.4. The molecule has 0 saturated carbocycles. The quantitative estimate of drug-likeness (QED) is 0.0344. The molecule has 0 aliphatic carbocycles. The van der Waals surface area contributed by atoms with Crippen molar-refractivity contribution in [2.24, 2.45) is 5.92 Å². The van der Waals surface area contributed by atoms with Gasteiger partial charge in [0, 0.05) is 19.3 Å². The first kappa shape index (κ1) is 60.4. The Hall–Kier alpha value is -1.59. The van der Waals surface area contributed by atoms with Crippen LogP contribution >= 0.6 is 0 Å². The van der Waals surface area contributed by atoms with Gasteiger partial charge in [-0.05, 0) is 25.2 Å². The fourth-order valence-electron chi connectivity index (χ4n) is 8.57. The second kappa shape index (κ2) is 50.4. The highest BCUT2D eigenvalue weighted by Crippen LogP contribution is 2.18. The number of rotatable bonds is 51. The van der Waals surface area contributed by atoms with E-state index >= 15 is 0 Å². The van der Waals surface area contributed by atoms with Gasteiger partial charge >= 0.3 is 17.9 Å². The lowest BCUT2D eigenvalue weighted by atomic mass is 10.0. The number of unbranched alkanes of at least 4 members (excludes halogenated alkanes) is 38. The van der Waals surface area contributed by atoms with Gasteiger partial charge in [-0.25, -0.2) is 0 Å². The highest BCUT2D eigenvalue weighted by atomic mass is 16.6. The normalized spacial score (nSPS) is 12.0. The molecule has 0 saturated heterocycles. The standard InChI is InChI=1S/C56H108O6/c1-5-7-9-11-13-15-16-17-18-19-20-21-25-28-32-36-40-44-48-55(58)61-51-53(50-60-54(57)47-43-39-35-30-14-12-10-8-6-2)62-56(59)49-45-41-37-33-29-26-23-22-24-27-31-34-38-42-46-52(3)4/h52-53H,5-51H2,1-4H3/t53-/m1/s1. The number of hydrogen-bond donors (Lipinski definition) is 0. The molecule has 0 radical (unpaired) electrons. The van der Waals surface area contributed by atoms with E-state index in [-0.39, 0.29) is 31.1 Å². The van der Waals surface area contributed by atoms with E-state index in [9.17, 15) is 14.4 Å². The molecule has 0 heterocycles. The van der Waals surface area contributed by atoms with E-state index < -0.39 is 6.10 Å². The lowest BCUT2D eigenvalue weighted by Crippen LogP contribution is -2.30. The Morgan fingerprint density at radius 2 is 0.532 bits per heavy atom. The minimum Gasteiger partial charge on any atom is -0.462 e. The minimum atomic E-state index is -0.760. The molecule has 62 heavy (non-hydrogen) atoms. The SMILES string of the molecule is CCCCCCCCCCCCCCCCCCCCC(=O)OC[C@@H](COC(=O)CCCCCCCCCCC)OC(=O)CCCCCCCCCCCCCCCCC(C)C. The van der Waals surface area contributed by atoms with Crippen LogP contribution in [-0.4, -0.2) is 37.2 Å². The molecule has 0 amide bonds. The molecule has 0 N–H and O–H groups in total. The molecular formula is C56H108O6. The van der Waals surface area contributed by atoms with Crippen molar-refractivity contribution in [1.82, 2.24) is 0 Å². The van der Waals surface area contributed by atoms with Crippen LogP contribution in [0.3, 0.4) is 0 Å². The molecule has 0 aliphatic heterocycles.